The Morgan fingerprint density at radius 1 is 0.328 bits per heavy atom. The molecule has 0 N–H and O–H groups in total. The normalized spacial score (nSPS) is 14.1. The first-order valence-corrected chi connectivity index (χ1v) is 20.7. The van der Waals surface area contributed by atoms with Gasteiger partial charge in [-0.3, -0.25) is 0 Å². The van der Waals surface area contributed by atoms with Gasteiger partial charge in [0.05, 0.1) is 5.69 Å². The molecule has 2 aliphatic carbocycles. The van der Waals surface area contributed by atoms with Crippen LogP contribution in [0.15, 0.2) is 158 Å². The van der Waals surface area contributed by atoms with Crippen molar-refractivity contribution in [2.24, 2.45) is 0 Å². The van der Waals surface area contributed by atoms with Gasteiger partial charge in [0.15, 0.2) is 0 Å². The van der Waals surface area contributed by atoms with E-state index in [1.165, 1.54) is 112 Å². The van der Waals surface area contributed by atoms with Gasteiger partial charge in [0, 0.05) is 44.7 Å². The van der Waals surface area contributed by atoms with Crippen LogP contribution in [0.5, 0.6) is 0 Å². The third-order valence-electron chi connectivity index (χ3n) is 13.4. The van der Waals surface area contributed by atoms with E-state index < -0.39 is 0 Å². The number of aryl methyl sites for hydroxylation is 4. The molecule has 0 heterocycles. The van der Waals surface area contributed by atoms with Crippen molar-refractivity contribution in [1.29, 1.82) is 0 Å². The number of benzene rings is 8. The number of hydrogen-bond donors (Lipinski definition) is 0. The molecule has 2 heteroatoms. The quantitative estimate of drug-likeness (QED) is 0.167. The van der Waals surface area contributed by atoms with Crippen LogP contribution in [0.25, 0.3) is 33.0 Å². The molecule has 0 atom stereocenters. The highest BCUT2D eigenvalue weighted by Gasteiger charge is 2.43. The largest absolute Gasteiger partial charge is 0.310 e. The van der Waals surface area contributed by atoms with E-state index in [1.54, 1.807) is 0 Å². The average molecular weight is 751 g/mol. The highest BCUT2D eigenvalue weighted by molar-refractivity contribution is 6.11. The van der Waals surface area contributed by atoms with Crippen LogP contribution in [-0.2, 0) is 10.8 Å². The summed E-state index contributed by atoms with van der Waals surface area (Å²) in [4.78, 5) is 4.95. The summed E-state index contributed by atoms with van der Waals surface area (Å²) in [6.45, 7) is 18.6. The molecule has 10 rings (SSSR count). The fourth-order valence-electron chi connectivity index (χ4n) is 10.2. The second-order valence-electron chi connectivity index (χ2n) is 17.6. The molecule has 0 aromatic heterocycles. The third kappa shape index (κ3) is 5.24. The third-order valence-corrected chi connectivity index (χ3v) is 13.4. The maximum absolute atomic E-state index is 2.56. The fraction of sp³-hybridized carbons (Fsp3) is 0.179. The van der Waals surface area contributed by atoms with E-state index in [0.29, 0.717) is 0 Å². The maximum atomic E-state index is 2.56. The SMILES string of the molecule is Cc1ccccc1N(c1ccc2c(c1)C(C)(C)c1cc3c(cc1-2)C(C)(C)c1cc(N(c2ccccc2C)c2ccccc2C)c2ccccc2c1-3)c1ccccc1C. The Balaban J connectivity index is 1.16. The van der Waals surface area contributed by atoms with Gasteiger partial charge in [0.25, 0.3) is 0 Å². The molecule has 0 unspecified atom stereocenters. The van der Waals surface area contributed by atoms with Gasteiger partial charge in [0.2, 0.25) is 0 Å². The van der Waals surface area contributed by atoms with Crippen molar-refractivity contribution in [1.82, 2.24) is 0 Å². The van der Waals surface area contributed by atoms with Crippen molar-refractivity contribution >= 4 is 44.9 Å². The average Bonchev–Trinajstić information content (AvgIpc) is 3.58. The van der Waals surface area contributed by atoms with Gasteiger partial charge in [-0.2, -0.15) is 0 Å². The van der Waals surface area contributed by atoms with Crippen molar-refractivity contribution in [3.63, 3.8) is 0 Å². The lowest BCUT2D eigenvalue weighted by Gasteiger charge is -2.31. The molecule has 284 valence electrons. The molecular formula is C56H50N2. The van der Waals surface area contributed by atoms with Gasteiger partial charge in [-0.05, 0) is 154 Å². The first-order valence-electron chi connectivity index (χ1n) is 20.7. The zero-order valence-corrected chi connectivity index (χ0v) is 34.9. The number of anilines is 6. The van der Waals surface area contributed by atoms with Gasteiger partial charge in [0.1, 0.15) is 0 Å². The highest BCUT2D eigenvalue weighted by Crippen LogP contribution is 2.59. The summed E-state index contributed by atoms with van der Waals surface area (Å²) in [5.74, 6) is 0. The molecule has 0 saturated heterocycles. The van der Waals surface area contributed by atoms with E-state index in [4.69, 9.17) is 0 Å². The molecule has 2 nitrogen and oxygen atoms in total. The van der Waals surface area contributed by atoms with Crippen molar-refractivity contribution in [3.8, 4) is 22.3 Å². The zero-order valence-electron chi connectivity index (χ0n) is 34.9. The Labute approximate surface area is 344 Å². The second-order valence-corrected chi connectivity index (χ2v) is 17.6. The minimum Gasteiger partial charge on any atom is -0.310 e. The van der Waals surface area contributed by atoms with E-state index in [2.05, 4.69) is 223 Å². The lowest BCUT2D eigenvalue weighted by molar-refractivity contribution is 0.652. The number of rotatable bonds is 6. The van der Waals surface area contributed by atoms with Crippen molar-refractivity contribution in [2.75, 3.05) is 9.80 Å². The molecule has 2 aliphatic rings. The van der Waals surface area contributed by atoms with Crippen molar-refractivity contribution in [3.05, 3.63) is 202 Å². The summed E-state index contributed by atoms with van der Waals surface area (Å²) in [7, 11) is 0. The molecule has 0 fully saturated rings. The summed E-state index contributed by atoms with van der Waals surface area (Å²) < 4.78 is 0. The molecule has 58 heavy (non-hydrogen) atoms. The van der Waals surface area contributed by atoms with Crippen LogP contribution in [0.2, 0.25) is 0 Å². The Morgan fingerprint density at radius 2 is 0.741 bits per heavy atom. The van der Waals surface area contributed by atoms with Crippen LogP contribution in [0.1, 0.15) is 72.2 Å². The number of para-hydroxylation sites is 4. The molecular weight excluding hydrogens is 701 g/mol. The summed E-state index contributed by atoms with van der Waals surface area (Å²) in [5.41, 5.74) is 22.8. The van der Waals surface area contributed by atoms with Gasteiger partial charge < -0.3 is 9.80 Å². The first-order chi connectivity index (χ1) is 28.0. The number of nitrogens with zero attached hydrogens (tertiary/aromatic N) is 2. The summed E-state index contributed by atoms with van der Waals surface area (Å²) in [6, 6.07) is 59.0. The van der Waals surface area contributed by atoms with Crippen LogP contribution in [0.4, 0.5) is 34.1 Å². The Hall–Kier alpha value is -6.38. The minimum atomic E-state index is -0.221. The minimum absolute atomic E-state index is 0.200. The second kappa shape index (κ2) is 13.1. The van der Waals surface area contributed by atoms with Gasteiger partial charge in [-0.15, -0.1) is 0 Å². The number of hydrogen-bond acceptors (Lipinski definition) is 2. The van der Waals surface area contributed by atoms with Crippen LogP contribution in [-0.4, -0.2) is 0 Å². The summed E-state index contributed by atoms with van der Waals surface area (Å²) in [5, 5.41) is 2.56. The van der Waals surface area contributed by atoms with E-state index in [9.17, 15) is 0 Å². The zero-order chi connectivity index (χ0) is 40.1. The lowest BCUT2D eigenvalue weighted by atomic mass is 9.79. The van der Waals surface area contributed by atoms with Crippen LogP contribution >= 0.6 is 0 Å². The van der Waals surface area contributed by atoms with E-state index in [-0.39, 0.29) is 10.8 Å². The smallest absolute Gasteiger partial charge is 0.0543 e. The molecule has 0 radical (unpaired) electrons. The maximum Gasteiger partial charge on any atom is 0.0543 e. The Bertz CT molecular complexity index is 2870. The molecule has 8 aromatic carbocycles. The van der Waals surface area contributed by atoms with Crippen LogP contribution in [0, 0.1) is 27.7 Å². The standard InChI is InChI=1S/C56H50N2/c1-35-19-9-15-25-49(35)57(50-26-16-10-20-36(50)2)39-29-30-40-43-32-47-44(33-46(43)55(5,6)45(40)31-39)54-42-24-14-13-23-41(42)53(34-48(54)56(47,7)8)58(51-27-17-11-21-37(51)3)52-28-18-12-22-38(52)4/h9-34H,1-8H3. The number of fused-ring (bicyclic) bond motifs is 8. The molecule has 0 bridgehead atoms. The topological polar surface area (TPSA) is 6.48 Å². The van der Waals surface area contributed by atoms with Gasteiger partial charge in [-0.1, -0.05) is 131 Å². The first kappa shape index (κ1) is 36.0. The van der Waals surface area contributed by atoms with Crippen molar-refractivity contribution < 1.29 is 0 Å². The van der Waals surface area contributed by atoms with Crippen LogP contribution in [0.3, 0.4) is 0 Å². The van der Waals surface area contributed by atoms with Crippen molar-refractivity contribution in [2.45, 2.75) is 66.2 Å². The Morgan fingerprint density at radius 3 is 1.28 bits per heavy atom. The fourth-order valence-corrected chi connectivity index (χ4v) is 10.2. The molecule has 0 spiro atoms. The van der Waals surface area contributed by atoms with E-state index in [1.807, 2.05) is 0 Å². The van der Waals surface area contributed by atoms with Gasteiger partial charge in [-0.25, -0.2) is 0 Å². The van der Waals surface area contributed by atoms with Gasteiger partial charge >= 0.3 is 0 Å². The summed E-state index contributed by atoms with van der Waals surface area (Å²) >= 11 is 0. The predicted molar refractivity (Wildman–Crippen MR) is 247 cm³/mol. The lowest BCUT2D eigenvalue weighted by Crippen LogP contribution is -2.18. The molecule has 0 amide bonds. The monoisotopic (exact) mass is 750 g/mol. The van der Waals surface area contributed by atoms with Crippen LogP contribution < -0.4 is 9.80 Å². The predicted octanol–water partition coefficient (Wildman–Crippen LogP) is 15.6. The van der Waals surface area contributed by atoms with E-state index in [0.717, 1.165) is 0 Å². The molecule has 0 aliphatic heterocycles. The van der Waals surface area contributed by atoms with E-state index >= 15 is 0 Å². The molecule has 8 aromatic rings. The molecule has 0 saturated carbocycles. The Kier molecular flexibility index (Phi) is 8.12. The highest BCUT2D eigenvalue weighted by atomic mass is 15.2. The summed E-state index contributed by atoms with van der Waals surface area (Å²) in [6.07, 6.45) is 0.